The smallest absolute Gasteiger partial charge is 0.323 e. The molecule has 9 nitrogen and oxygen atoms in total. The molecular weight excluding hydrogens is 590 g/mol. The van der Waals surface area contributed by atoms with Crippen LogP contribution in [0.4, 0.5) is 0 Å². The SMILES string of the molecule is CN(CC(=O)O)C(=O)CCC(C)(C)SCC(=O)NCCNC(=O)/C=C\[CH-]SO.[W]. The molecule has 0 atom stereocenters. The molecule has 166 valence electrons. The van der Waals surface area contributed by atoms with E-state index in [4.69, 9.17) is 9.66 Å². The van der Waals surface area contributed by atoms with Crippen molar-refractivity contribution in [2.75, 3.05) is 32.4 Å². The van der Waals surface area contributed by atoms with E-state index in [1.54, 1.807) is 0 Å². The quantitative estimate of drug-likeness (QED) is 0.0980. The molecule has 0 unspecified atom stereocenters. The Morgan fingerprint density at radius 1 is 1.17 bits per heavy atom. The van der Waals surface area contributed by atoms with Gasteiger partial charge in [-0.25, -0.2) is 6.08 Å². The Kier molecular flexibility index (Phi) is 17.2. The second-order valence-corrected chi connectivity index (χ2v) is 8.60. The van der Waals surface area contributed by atoms with E-state index in [1.807, 2.05) is 13.8 Å². The molecule has 0 saturated carbocycles. The molecular formula is C17H28N3O6S2W-. The Bertz CT molecular complexity index is 575. The van der Waals surface area contributed by atoms with Crippen LogP contribution in [-0.2, 0) is 40.2 Å². The number of carbonyl (C=O) groups excluding carboxylic acids is 3. The van der Waals surface area contributed by atoms with E-state index in [0.717, 1.165) is 0 Å². The number of amides is 3. The van der Waals surface area contributed by atoms with E-state index in [9.17, 15) is 19.2 Å². The fourth-order valence-electron chi connectivity index (χ4n) is 1.88. The second kappa shape index (κ2) is 16.6. The molecule has 3 amide bonds. The van der Waals surface area contributed by atoms with Crippen molar-refractivity contribution in [1.82, 2.24) is 15.5 Å². The fraction of sp³-hybridized carbons (Fsp3) is 0.588. The normalized spacial score (nSPS) is 10.8. The monoisotopic (exact) mass is 618 g/mol. The number of hydrogen-bond acceptors (Lipinski definition) is 7. The molecule has 0 rings (SSSR count). The van der Waals surface area contributed by atoms with Crippen LogP contribution >= 0.6 is 23.8 Å². The largest absolute Gasteiger partial charge is 0.480 e. The molecule has 0 heterocycles. The van der Waals surface area contributed by atoms with E-state index in [-0.39, 0.29) is 75.3 Å². The number of carboxylic acids is 1. The van der Waals surface area contributed by atoms with Crippen molar-refractivity contribution >= 4 is 47.5 Å². The van der Waals surface area contributed by atoms with Crippen LogP contribution in [0.1, 0.15) is 26.7 Å². The zero-order chi connectivity index (χ0) is 21.6. The fourth-order valence-corrected chi connectivity index (χ4v) is 2.90. The van der Waals surface area contributed by atoms with Gasteiger partial charge in [-0.3, -0.25) is 19.2 Å². The third kappa shape index (κ3) is 17.4. The van der Waals surface area contributed by atoms with Crippen LogP contribution in [0.2, 0.25) is 0 Å². The van der Waals surface area contributed by atoms with Gasteiger partial charge in [0, 0.05) is 52.4 Å². The maximum atomic E-state index is 11.9. The van der Waals surface area contributed by atoms with E-state index < -0.39 is 5.97 Å². The molecule has 0 bridgehead atoms. The van der Waals surface area contributed by atoms with Gasteiger partial charge in [0.05, 0.1) is 5.75 Å². The summed E-state index contributed by atoms with van der Waals surface area (Å²) < 4.78 is 8.14. The first-order valence-corrected chi connectivity index (χ1v) is 10.3. The van der Waals surface area contributed by atoms with Crippen LogP contribution in [0.3, 0.4) is 0 Å². The number of nitrogens with zero attached hydrogens (tertiary/aromatic N) is 1. The van der Waals surface area contributed by atoms with Gasteiger partial charge in [-0.2, -0.15) is 0 Å². The minimum atomic E-state index is -1.06. The maximum Gasteiger partial charge on any atom is 0.323 e. The van der Waals surface area contributed by atoms with Gasteiger partial charge in [-0.15, -0.1) is 23.6 Å². The van der Waals surface area contributed by atoms with Crippen LogP contribution in [0.15, 0.2) is 12.2 Å². The van der Waals surface area contributed by atoms with Crippen LogP contribution in [0.25, 0.3) is 0 Å². The molecule has 0 fully saturated rings. The van der Waals surface area contributed by atoms with Gasteiger partial charge in [0.2, 0.25) is 11.8 Å². The van der Waals surface area contributed by atoms with E-state index in [2.05, 4.69) is 10.6 Å². The Labute approximate surface area is 194 Å². The van der Waals surface area contributed by atoms with Crippen molar-refractivity contribution in [3.63, 3.8) is 0 Å². The van der Waals surface area contributed by atoms with Crippen molar-refractivity contribution in [2.24, 2.45) is 0 Å². The summed E-state index contributed by atoms with van der Waals surface area (Å²) in [5.74, 6) is -0.257. The summed E-state index contributed by atoms with van der Waals surface area (Å²) in [6, 6.07) is 0. The first kappa shape index (κ1) is 30.0. The zero-order valence-electron chi connectivity index (χ0n) is 16.7. The number of carbonyl (C=O) groups is 4. The minimum Gasteiger partial charge on any atom is -0.480 e. The van der Waals surface area contributed by atoms with Crippen molar-refractivity contribution in [1.29, 1.82) is 0 Å². The van der Waals surface area contributed by atoms with Crippen molar-refractivity contribution in [3.05, 3.63) is 17.9 Å². The maximum absolute atomic E-state index is 11.9. The van der Waals surface area contributed by atoms with Gasteiger partial charge in [0.1, 0.15) is 6.54 Å². The number of hydrogen-bond donors (Lipinski definition) is 4. The van der Waals surface area contributed by atoms with Crippen LogP contribution in [-0.4, -0.2) is 75.4 Å². The molecule has 12 heteroatoms. The summed E-state index contributed by atoms with van der Waals surface area (Å²) >= 11 is 1.90. The third-order valence-electron chi connectivity index (χ3n) is 3.47. The molecule has 0 aromatic carbocycles. The van der Waals surface area contributed by atoms with Crippen molar-refractivity contribution in [2.45, 2.75) is 31.4 Å². The number of nitrogens with one attached hydrogen (secondary N) is 2. The van der Waals surface area contributed by atoms with Gasteiger partial charge in [-0.05, 0) is 6.42 Å². The number of aliphatic carboxylic acids is 1. The number of carboxylic acid groups (broad SMARTS) is 1. The van der Waals surface area contributed by atoms with Crippen molar-refractivity contribution in [3.8, 4) is 0 Å². The van der Waals surface area contributed by atoms with E-state index in [1.165, 1.54) is 41.6 Å². The molecule has 0 spiro atoms. The van der Waals surface area contributed by atoms with Gasteiger partial charge < -0.3 is 25.2 Å². The summed E-state index contributed by atoms with van der Waals surface area (Å²) in [7, 11) is 1.45. The molecule has 0 saturated heterocycles. The van der Waals surface area contributed by atoms with Gasteiger partial charge in [0.25, 0.3) is 0 Å². The van der Waals surface area contributed by atoms with Crippen LogP contribution in [0, 0.1) is 5.75 Å². The van der Waals surface area contributed by atoms with E-state index in [0.29, 0.717) is 18.5 Å². The topological polar surface area (TPSA) is 136 Å². The molecule has 0 aliphatic carbocycles. The average molecular weight is 618 g/mol. The summed E-state index contributed by atoms with van der Waals surface area (Å²) in [6.07, 6.45) is 3.39. The summed E-state index contributed by atoms with van der Waals surface area (Å²) in [5, 5.41) is 14.0. The second-order valence-electron chi connectivity index (χ2n) is 6.43. The molecule has 4 N–H and O–H groups in total. The van der Waals surface area contributed by atoms with Crippen LogP contribution < -0.4 is 10.6 Å². The summed E-state index contributed by atoms with van der Waals surface area (Å²) in [6.45, 7) is 4.07. The summed E-state index contributed by atoms with van der Waals surface area (Å²) in [5.41, 5.74) is 0. The predicted molar refractivity (Wildman–Crippen MR) is 111 cm³/mol. The molecule has 0 radical (unpaired) electrons. The average Bonchev–Trinajstić information content (AvgIpc) is 2.61. The Hall–Kier alpha value is -1.16. The Balaban J connectivity index is 0. The molecule has 0 aromatic rings. The minimum absolute atomic E-state index is 0. The van der Waals surface area contributed by atoms with Gasteiger partial charge in [-0.1, -0.05) is 25.9 Å². The number of thioether (sulfide) groups is 1. The van der Waals surface area contributed by atoms with Crippen molar-refractivity contribution < 1.29 is 49.9 Å². The Morgan fingerprint density at radius 2 is 1.79 bits per heavy atom. The molecule has 0 aromatic heterocycles. The first-order chi connectivity index (χ1) is 13.1. The summed E-state index contributed by atoms with van der Waals surface area (Å²) in [4.78, 5) is 46.9. The molecule has 0 aliphatic heterocycles. The molecule has 0 aliphatic rings. The standard InChI is InChI=1S/C17H28N3O6S2.W/c1-17(2,7-6-15(23)20(3)11-16(24)25)27-12-14(22)19-9-8-18-13(21)5-4-10-28-26;/h4-5,10,26H,6-9,11-12H2,1-3H3,(H,18,21)(H,19,22)(H,24,25);/q-1;/b5-4-;. The first-order valence-electron chi connectivity index (χ1n) is 8.51. The molecule has 29 heavy (non-hydrogen) atoms. The van der Waals surface area contributed by atoms with E-state index >= 15 is 0 Å². The van der Waals surface area contributed by atoms with Crippen LogP contribution in [0.5, 0.6) is 0 Å². The number of likely N-dealkylation sites (N-methyl/N-ethyl adjacent to an activating group) is 1. The predicted octanol–water partition coefficient (Wildman–Crippen LogP) is 0.975. The Morgan fingerprint density at radius 3 is 2.38 bits per heavy atom. The zero-order valence-corrected chi connectivity index (χ0v) is 21.2. The third-order valence-corrected chi connectivity index (χ3v) is 5.14. The number of rotatable bonds is 14. The van der Waals surface area contributed by atoms with Gasteiger partial charge in [0.15, 0.2) is 5.91 Å². The van der Waals surface area contributed by atoms with Gasteiger partial charge >= 0.3 is 5.97 Å².